The van der Waals surface area contributed by atoms with Gasteiger partial charge in [0.25, 0.3) is 0 Å². The predicted molar refractivity (Wildman–Crippen MR) is 80.7 cm³/mol. The van der Waals surface area contributed by atoms with Gasteiger partial charge in [0.15, 0.2) is 0 Å². The molecule has 0 aliphatic carbocycles. The first-order valence-corrected chi connectivity index (χ1v) is 7.99. The molecule has 1 aromatic heterocycles. The van der Waals surface area contributed by atoms with E-state index in [0.29, 0.717) is 12.2 Å². The number of nitrogens with zero attached hydrogens (tertiary/aromatic N) is 2. The molecule has 1 heterocycles. The maximum atomic E-state index is 12.2. The summed E-state index contributed by atoms with van der Waals surface area (Å²) >= 11 is 0. The number of urea groups is 1. The molecule has 0 aliphatic heterocycles. The van der Waals surface area contributed by atoms with Crippen LogP contribution in [0.25, 0.3) is 0 Å². The zero-order valence-corrected chi connectivity index (χ0v) is 13.2. The summed E-state index contributed by atoms with van der Waals surface area (Å²) in [6, 6.07) is 1.33. The van der Waals surface area contributed by atoms with Crippen molar-refractivity contribution in [2.24, 2.45) is 0 Å². The second kappa shape index (κ2) is 7.79. The van der Waals surface area contributed by atoms with Crippen molar-refractivity contribution in [3.05, 3.63) is 18.5 Å². The number of carbonyl (C=O) groups is 1. The Bertz CT molecular complexity index is 574. The highest BCUT2D eigenvalue weighted by Gasteiger charge is 2.18. The second-order valence-corrected chi connectivity index (χ2v) is 6.16. The van der Waals surface area contributed by atoms with Crippen LogP contribution in [0.1, 0.15) is 6.92 Å². The monoisotopic (exact) mass is 315 g/mol. The Hall–Kier alpha value is -1.87. The molecule has 2 amide bonds. The molecule has 3 N–H and O–H groups in total. The lowest BCUT2D eigenvalue weighted by Gasteiger charge is -2.13. The van der Waals surface area contributed by atoms with Gasteiger partial charge in [-0.1, -0.05) is 0 Å². The number of hydrogen-bond acceptors (Lipinski definition) is 5. The fourth-order valence-electron chi connectivity index (χ4n) is 1.52. The normalized spacial score (nSPS) is 11.0. The quantitative estimate of drug-likeness (QED) is 0.618. The molecule has 21 heavy (non-hydrogen) atoms. The topological polar surface area (TPSA) is 103 Å². The maximum Gasteiger partial charge on any atom is 0.316 e. The summed E-state index contributed by atoms with van der Waals surface area (Å²) in [5.41, 5.74) is 0.498. The molecule has 0 spiro atoms. The highest BCUT2D eigenvalue weighted by molar-refractivity contribution is 7.89. The van der Waals surface area contributed by atoms with Gasteiger partial charge in [-0.15, -0.1) is 0 Å². The van der Waals surface area contributed by atoms with E-state index in [1.807, 2.05) is 6.92 Å². The van der Waals surface area contributed by atoms with E-state index in [0.717, 1.165) is 0 Å². The summed E-state index contributed by atoms with van der Waals surface area (Å²) in [7, 11) is -0.453. The molecule has 0 atom stereocenters. The average molecular weight is 315 g/mol. The van der Waals surface area contributed by atoms with Crippen LogP contribution in [0.2, 0.25) is 0 Å². The molecule has 0 saturated heterocycles. The SMILES string of the molecule is CCNc1ccncc1S(=O)(=O)NCCNC(=O)N(C)C. The van der Waals surface area contributed by atoms with Crippen molar-refractivity contribution in [1.29, 1.82) is 0 Å². The van der Waals surface area contributed by atoms with Crippen LogP contribution < -0.4 is 15.4 Å². The van der Waals surface area contributed by atoms with Crippen molar-refractivity contribution in [1.82, 2.24) is 19.9 Å². The van der Waals surface area contributed by atoms with Gasteiger partial charge < -0.3 is 15.5 Å². The third kappa shape index (κ3) is 5.20. The van der Waals surface area contributed by atoms with Crippen molar-refractivity contribution in [3.63, 3.8) is 0 Å². The first-order chi connectivity index (χ1) is 9.88. The zero-order valence-electron chi connectivity index (χ0n) is 12.4. The number of hydrogen-bond donors (Lipinski definition) is 3. The van der Waals surface area contributed by atoms with Gasteiger partial charge in [0.1, 0.15) is 4.90 Å². The van der Waals surface area contributed by atoms with Gasteiger partial charge in [-0.3, -0.25) is 4.98 Å². The third-order valence-electron chi connectivity index (χ3n) is 2.54. The van der Waals surface area contributed by atoms with Crippen molar-refractivity contribution in [3.8, 4) is 0 Å². The number of sulfonamides is 1. The van der Waals surface area contributed by atoms with Crippen LogP contribution in [0.4, 0.5) is 10.5 Å². The molecular weight excluding hydrogens is 294 g/mol. The van der Waals surface area contributed by atoms with Gasteiger partial charge in [-0.25, -0.2) is 17.9 Å². The Labute approximate surface area is 125 Å². The third-order valence-corrected chi connectivity index (χ3v) is 4.03. The lowest BCUT2D eigenvalue weighted by atomic mass is 10.4. The van der Waals surface area contributed by atoms with Crippen molar-refractivity contribution in [2.75, 3.05) is 39.0 Å². The first-order valence-electron chi connectivity index (χ1n) is 6.51. The van der Waals surface area contributed by atoms with E-state index in [2.05, 4.69) is 20.3 Å². The average Bonchev–Trinajstić information content (AvgIpc) is 2.44. The molecule has 1 rings (SSSR count). The van der Waals surface area contributed by atoms with E-state index >= 15 is 0 Å². The van der Waals surface area contributed by atoms with E-state index in [1.165, 1.54) is 17.3 Å². The Balaban J connectivity index is 2.64. The van der Waals surface area contributed by atoms with Gasteiger partial charge >= 0.3 is 6.03 Å². The van der Waals surface area contributed by atoms with Crippen LogP contribution in [0.3, 0.4) is 0 Å². The summed E-state index contributed by atoms with van der Waals surface area (Å²) in [5.74, 6) is 0. The number of anilines is 1. The number of amides is 2. The molecule has 0 bridgehead atoms. The number of nitrogens with one attached hydrogen (secondary N) is 3. The molecule has 9 heteroatoms. The lowest BCUT2D eigenvalue weighted by Crippen LogP contribution is -2.39. The predicted octanol–water partition coefficient (Wildman–Crippen LogP) is 0.0629. The van der Waals surface area contributed by atoms with Crippen LogP contribution in [-0.2, 0) is 10.0 Å². The van der Waals surface area contributed by atoms with Crippen LogP contribution >= 0.6 is 0 Å². The van der Waals surface area contributed by atoms with E-state index in [-0.39, 0.29) is 24.0 Å². The summed E-state index contributed by atoms with van der Waals surface area (Å²) in [4.78, 5) is 16.6. The highest BCUT2D eigenvalue weighted by atomic mass is 32.2. The van der Waals surface area contributed by atoms with Crippen molar-refractivity contribution in [2.45, 2.75) is 11.8 Å². The molecular formula is C12H21N5O3S. The Kier molecular flexibility index (Phi) is 6.38. The van der Waals surface area contributed by atoms with Crippen LogP contribution in [-0.4, -0.2) is 58.1 Å². The molecule has 0 unspecified atom stereocenters. The van der Waals surface area contributed by atoms with Gasteiger partial charge in [0.2, 0.25) is 10.0 Å². The minimum atomic E-state index is -3.67. The van der Waals surface area contributed by atoms with Crippen LogP contribution in [0, 0.1) is 0 Å². The Morgan fingerprint density at radius 1 is 1.33 bits per heavy atom. The minimum Gasteiger partial charge on any atom is -0.384 e. The number of aromatic nitrogens is 1. The summed E-state index contributed by atoms with van der Waals surface area (Å²) < 4.78 is 26.8. The zero-order chi connectivity index (χ0) is 15.9. The number of carbonyl (C=O) groups excluding carboxylic acids is 1. The summed E-state index contributed by atoms with van der Waals surface area (Å²) in [5, 5.41) is 5.54. The summed E-state index contributed by atoms with van der Waals surface area (Å²) in [6.07, 6.45) is 2.81. The lowest BCUT2D eigenvalue weighted by molar-refractivity contribution is 0.217. The minimum absolute atomic E-state index is 0.0887. The van der Waals surface area contributed by atoms with Crippen LogP contribution in [0.15, 0.2) is 23.4 Å². The largest absolute Gasteiger partial charge is 0.384 e. The van der Waals surface area contributed by atoms with E-state index < -0.39 is 10.0 Å². The van der Waals surface area contributed by atoms with E-state index in [4.69, 9.17) is 0 Å². The van der Waals surface area contributed by atoms with Crippen molar-refractivity contribution >= 4 is 21.7 Å². The molecule has 0 radical (unpaired) electrons. The fraction of sp³-hybridized carbons (Fsp3) is 0.500. The van der Waals surface area contributed by atoms with E-state index in [1.54, 1.807) is 20.2 Å². The van der Waals surface area contributed by atoms with Gasteiger partial charge in [0.05, 0.1) is 5.69 Å². The highest BCUT2D eigenvalue weighted by Crippen LogP contribution is 2.18. The van der Waals surface area contributed by atoms with Gasteiger partial charge in [0, 0.05) is 46.1 Å². The smallest absolute Gasteiger partial charge is 0.316 e. The molecule has 8 nitrogen and oxygen atoms in total. The molecule has 1 aromatic rings. The van der Waals surface area contributed by atoms with E-state index in [9.17, 15) is 13.2 Å². The molecule has 0 fully saturated rings. The number of rotatable bonds is 7. The summed E-state index contributed by atoms with van der Waals surface area (Å²) in [6.45, 7) is 2.78. The second-order valence-electron chi connectivity index (χ2n) is 4.43. The first kappa shape index (κ1) is 17.2. The Morgan fingerprint density at radius 3 is 2.67 bits per heavy atom. The maximum absolute atomic E-state index is 12.2. The van der Waals surface area contributed by atoms with Crippen molar-refractivity contribution < 1.29 is 13.2 Å². The fourth-order valence-corrected chi connectivity index (χ4v) is 2.68. The number of pyridine rings is 1. The molecule has 0 aliphatic rings. The molecule has 0 saturated carbocycles. The van der Waals surface area contributed by atoms with Gasteiger partial charge in [-0.2, -0.15) is 0 Å². The van der Waals surface area contributed by atoms with Crippen LogP contribution in [0.5, 0.6) is 0 Å². The molecule has 118 valence electrons. The Morgan fingerprint density at radius 2 is 2.05 bits per heavy atom. The molecule has 0 aromatic carbocycles. The van der Waals surface area contributed by atoms with Gasteiger partial charge in [-0.05, 0) is 13.0 Å². The standard InChI is InChI=1S/C12H21N5O3S/c1-4-14-10-5-6-13-9-11(10)21(19,20)16-8-7-15-12(18)17(2)3/h5-6,9,16H,4,7-8H2,1-3H3,(H,13,14)(H,15,18).